The Labute approximate surface area is 388 Å². The van der Waals surface area contributed by atoms with E-state index in [0.29, 0.717) is 50.4 Å². The highest BCUT2D eigenvalue weighted by Crippen LogP contribution is 2.44. The fraction of sp³-hybridized carbons (Fsp3) is 0.396. The first kappa shape index (κ1) is 45.0. The van der Waals surface area contributed by atoms with E-state index in [-0.39, 0.29) is 52.6 Å². The number of carbonyl (C=O) groups is 2. The van der Waals surface area contributed by atoms with Crippen molar-refractivity contribution in [3.05, 3.63) is 111 Å². The zero-order chi connectivity index (χ0) is 46.3. The number of benzene rings is 3. The van der Waals surface area contributed by atoms with E-state index in [4.69, 9.17) is 21.1 Å². The van der Waals surface area contributed by atoms with Crippen molar-refractivity contribution in [3.63, 3.8) is 0 Å². The monoisotopic (exact) mass is 936 g/mol. The Kier molecular flexibility index (Phi) is 12.4. The molecule has 0 spiro atoms. The molecule has 9 rings (SSSR count). The number of nitrogens with one attached hydrogen (secondary N) is 3. The fourth-order valence-electron chi connectivity index (χ4n) is 9.63. The Bertz CT molecular complexity index is 2830. The van der Waals surface area contributed by atoms with Crippen LogP contribution >= 0.6 is 11.6 Å². The number of H-pyrrole nitrogens is 1. The number of pyridine rings is 1. The molecule has 0 radical (unpaired) electrons. The number of carbonyl (C=O) groups excluding carboxylic acids is 2. The third-order valence-corrected chi connectivity index (χ3v) is 15.0. The van der Waals surface area contributed by atoms with Gasteiger partial charge < -0.3 is 29.6 Å². The molecule has 18 heteroatoms. The van der Waals surface area contributed by atoms with Crippen LogP contribution in [0.5, 0.6) is 17.2 Å². The largest absolute Gasteiger partial charge is 0.489 e. The van der Waals surface area contributed by atoms with Crippen molar-refractivity contribution in [2.75, 3.05) is 62.6 Å². The molecule has 1 aliphatic carbocycles. The maximum Gasteiger partial charge on any atom is 0.297 e. The van der Waals surface area contributed by atoms with Gasteiger partial charge in [0.1, 0.15) is 23.8 Å². The molecule has 346 valence electrons. The van der Waals surface area contributed by atoms with Crippen molar-refractivity contribution in [1.82, 2.24) is 24.5 Å². The number of nitrogens with zero attached hydrogens (tertiary/aromatic N) is 5. The summed E-state index contributed by atoms with van der Waals surface area (Å²) in [5.41, 5.74) is 5.22. The lowest BCUT2D eigenvalue weighted by atomic mass is 9.72. The molecule has 2 amide bonds. The second-order valence-electron chi connectivity index (χ2n) is 18.5. The number of aromatic amines is 1. The van der Waals surface area contributed by atoms with Crippen LogP contribution in [0, 0.1) is 21.4 Å². The maximum absolute atomic E-state index is 14.1. The summed E-state index contributed by atoms with van der Waals surface area (Å²) in [6, 6.07) is 18.6. The van der Waals surface area contributed by atoms with Crippen molar-refractivity contribution in [2.45, 2.75) is 63.8 Å². The normalized spacial score (nSPS) is 19.2. The van der Waals surface area contributed by atoms with E-state index in [2.05, 4.69) is 55.8 Å². The number of allylic oxidation sites excluding steroid dienone is 1. The molecule has 66 heavy (non-hydrogen) atoms. The molecular weight excluding hydrogens is 884 g/mol. The number of nitro benzene ring substituents is 1. The van der Waals surface area contributed by atoms with Crippen LogP contribution in [0.25, 0.3) is 16.6 Å². The van der Waals surface area contributed by atoms with Crippen molar-refractivity contribution in [3.8, 4) is 17.2 Å². The molecule has 4 aliphatic rings. The Morgan fingerprint density at radius 1 is 1.02 bits per heavy atom. The number of piperidine rings is 1. The zero-order valence-electron chi connectivity index (χ0n) is 37.1. The molecule has 3 aromatic carbocycles. The lowest BCUT2D eigenvalue weighted by molar-refractivity contribution is -0.384. The first-order valence-corrected chi connectivity index (χ1v) is 24.2. The number of ether oxygens (including phenoxy) is 2. The quantitative estimate of drug-likeness (QED) is 0.0850. The maximum atomic E-state index is 14.1. The number of amides is 2. The van der Waals surface area contributed by atoms with Crippen LogP contribution in [0.15, 0.2) is 89.6 Å². The highest BCUT2D eigenvalue weighted by Gasteiger charge is 2.36. The SMILES string of the molecule is CC(=O)N1CCC([C@@H]2COc3cc(S(=O)(=O)NC(=O)c4ccc(N5CCN(CC6=C(c7ccc(Cl)cc7)CC(C)(C)CC6)CC5)cc4Oc4cnc5[nH]ccc5c4)cc([N+](=O)[O-])c3N2)CC1. The van der Waals surface area contributed by atoms with Gasteiger partial charge in [0.15, 0.2) is 11.4 Å². The standard InChI is InChI=1S/C48H53ClN8O8S/c1-30(58)55-16-12-32(13-17-55)41-29-64-44-25-38(24-42(57(60)61)45(44)52-41)66(62,63)53-47(59)39-9-8-36(23-43(39)65-37-22-33-11-15-50-46(33)51-27-37)56-20-18-54(19-21-56)28-34-10-14-48(2,3)26-40(34)31-4-6-35(49)7-5-31/h4-9,11,15,22-25,27,32,41,52H,10,12-14,16-21,26,28-29H2,1-3H3,(H,50,51)(H,53,59)/t41-/m0/s1. The molecule has 5 heterocycles. The predicted octanol–water partition coefficient (Wildman–Crippen LogP) is 8.25. The van der Waals surface area contributed by atoms with E-state index >= 15 is 0 Å². The Morgan fingerprint density at radius 3 is 2.50 bits per heavy atom. The van der Waals surface area contributed by atoms with Crippen LogP contribution in [-0.2, 0) is 14.8 Å². The predicted molar refractivity (Wildman–Crippen MR) is 253 cm³/mol. The van der Waals surface area contributed by atoms with Gasteiger partial charge in [-0.15, -0.1) is 0 Å². The molecule has 5 aromatic rings. The highest BCUT2D eigenvalue weighted by molar-refractivity contribution is 7.90. The van der Waals surface area contributed by atoms with Gasteiger partial charge in [-0.05, 0) is 91.0 Å². The van der Waals surface area contributed by atoms with E-state index < -0.39 is 31.4 Å². The average molecular weight is 938 g/mol. The smallest absolute Gasteiger partial charge is 0.297 e. The first-order valence-electron chi connectivity index (χ1n) is 22.3. The van der Waals surface area contributed by atoms with Gasteiger partial charge in [0.05, 0.1) is 27.6 Å². The Morgan fingerprint density at radius 2 is 1.77 bits per heavy atom. The topological polar surface area (TPSA) is 192 Å². The zero-order valence-corrected chi connectivity index (χ0v) is 38.7. The molecule has 3 aliphatic heterocycles. The summed E-state index contributed by atoms with van der Waals surface area (Å²) in [5.74, 6) is -0.495. The van der Waals surface area contributed by atoms with Gasteiger partial charge in [-0.1, -0.05) is 43.2 Å². The Balaban J connectivity index is 0.935. The van der Waals surface area contributed by atoms with Gasteiger partial charge in [0, 0.05) is 93.2 Å². The number of hydrogen-bond acceptors (Lipinski definition) is 12. The molecule has 1 atom stereocenters. The molecular formula is C48H53ClN8O8S. The third kappa shape index (κ3) is 9.69. The van der Waals surface area contributed by atoms with Crippen molar-refractivity contribution < 1.29 is 32.4 Å². The van der Waals surface area contributed by atoms with Crippen molar-refractivity contribution >= 4 is 67.1 Å². The molecule has 0 unspecified atom stereocenters. The second-order valence-corrected chi connectivity index (χ2v) is 20.6. The molecule has 3 N–H and O–H groups in total. The number of fused-ring (bicyclic) bond motifs is 2. The Hall–Kier alpha value is -6.17. The molecule has 16 nitrogen and oxygen atoms in total. The number of likely N-dealkylation sites (tertiary alicyclic amines) is 1. The number of piperazine rings is 1. The van der Waals surface area contributed by atoms with Gasteiger partial charge in [-0.2, -0.15) is 0 Å². The molecule has 0 bridgehead atoms. The van der Waals surface area contributed by atoms with Crippen LogP contribution in [0.3, 0.4) is 0 Å². The second kappa shape index (κ2) is 18.2. The third-order valence-electron chi connectivity index (χ3n) is 13.4. The summed E-state index contributed by atoms with van der Waals surface area (Å²) in [5, 5.41) is 17.1. The van der Waals surface area contributed by atoms with Gasteiger partial charge >= 0.3 is 0 Å². The van der Waals surface area contributed by atoms with Gasteiger partial charge in [-0.25, -0.2) is 18.1 Å². The fourth-order valence-corrected chi connectivity index (χ4v) is 10.8. The van der Waals surface area contributed by atoms with Gasteiger partial charge in [0.25, 0.3) is 21.6 Å². The minimum Gasteiger partial charge on any atom is -0.489 e. The number of halogens is 1. The number of aromatic nitrogens is 2. The lowest BCUT2D eigenvalue weighted by Gasteiger charge is -2.39. The van der Waals surface area contributed by atoms with Crippen LogP contribution in [-0.4, -0.2) is 103 Å². The van der Waals surface area contributed by atoms with Crippen molar-refractivity contribution in [2.24, 2.45) is 11.3 Å². The summed E-state index contributed by atoms with van der Waals surface area (Å²) in [6.07, 6.45) is 7.81. The average Bonchev–Trinajstić information content (AvgIpc) is 3.77. The number of hydrogen-bond donors (Lipinski definition) is 3. The van der Waals surface area contributed by atoms with Crippen LogP contribution in [0.4, 0.5) is 17.1 Å². The summed E-state index contributed by atoms with van der Waals surface area (Å²) < 4.78 is 42.4. The number of sulfonamides is 1. The number of anilines is 2. The van der Waals surface area contributed by atoms with Gasteiger partial charge in [-0.3, -0.25) is 24.6 Å². The summed E-state index contributed by atoms with van der Waals surface area (Å²) in [6.45, 7) is 11.4. The van der Waals surface area contributed by atoms with E-state index in [9.17, 15) is 28.1 Å². The number of nitro groups is 1. The summed E-state index contributed by atoms with van der Waals surface area (Å²) in [4.78, 5) is 51.1. The van der Waals surface area contributed by atoms with E-state index in [1.165, 1.54) is 42.0 Å². The summed E-state index contributed by atoms with van der Waals surface area (Å²) in [7, 11) is -4.68. The van der Waals surface area contributed by atoms with Crippen LogP contribution in [0.2, 0.25) is 5.02 Å². The molecule has 0 saturated carbocycles. The lowest BCUT2D eigenvalue weighted by Crippen LogP contribution is -2.47. The number of rotatable bonds is 11. The highest BCUT2D eigenvalue weighted by atomic mass is 35.5. The van der Waals surface area contributed by atoms with E-state index in [1.54, 1.807) is 29.3 Å². The molecule has 2 aromatic heterocycles. The summed E-state index contributed by atoms with van der Waals surface area (Å²) >= 11 is 6.25. The van der Waals surface area contributed by atoms with Crippen LogP contribution < -0.4 is 24.4 Å². The van der Waals surface area contributed by atoms with E-state index in [0.717, 1.165) is 61.1 Å². The first-order chi connectivity index (χ1) is 31.6. The van der Waals surface area contributed by atoms with Crippen LogP contribution in [0.1, 0.15) is 68.8 Å². The minimum absolute atomic E-state index is 0.00183. The molecule has 2 fully saturated rings. The van der Waals surface area contributed by atoms with E-state index in [1.807, 2.05) is 18.2 Å². The minimum atomic E-state index is -4.68. The molecule has 2 saturated heterocycles. The van der Waals surface area contributed by atoms with Crippen molar-refractivity contribution in [1.29, 1.82) is 0 Å². The van der Waals surface area contributed by atoms with Gasteiger partial charge in [0.2, 0.25) is 5.91 Å².